The standard InChI is InChI=1S/C45H63N5O15S2/c1-28(2)22-50(67(57,58)33-17-18-36-37(21-33)62-27-61-36)23-38(35(48-41(53)54)20-30-13-15-32(16-14-30)59-24-31-26-66-29(3)47-31)63-39(51)25-60-40(52)34(49-43(56)65-45(7,8)9)12-10-11-19-46-42(55)64-44(4,5)6/h13-18,21,26,28,34-35,38,48H,10-12,19-20,22-25,27H2,1-9H3,(H,46,55)(H,49,56)(H,53,54)/t34-,35-,38+/m0/s1. The number of aryl methyl sites for hydroxylation is 1. The number of alkyl carbamates (subject to hydrolysis) is 2. The molecular formula is C45H63N5O15S2. The van der Waals surface area contributed by atoms with Crippen LogP contribution in [0, 0.1) is 12.8 Å². The van der Waals surface area contributed by atoms with Crippen molar-refractivity contribution < 1.29 is 70.7 Å². The molecule has 4 rings (SSSR count). The van der Waals surface area contributed by atoms with Crippen LogP contribution in [0.2, 0.25) is 0 Å². The summed E-state index contributed by atoms with van der Waals surface area (Å²) in [6.07, 6.45) is -3.90. The van der Waals surface area contributed by atoms with Crippen LogP contribution in [0.4, 0.5) is 14.4 Å². The number of sulfonamides is 1. The minimum atomic E-state index is -4.36. The third kappa shape index (κ3) is 18.7. The summed E-state index contributed by atoms with van der Waals surface area (Å²) in [6.45, 7) is 14.3. The Bertz CT molecular complexity index is 2260. The minimum Gasteiger partial charge on any atom is -0.487 e. The Morgan fingerprint density at radius 3 is 2.19 bits per heavy atom. The second kappa shape index (κ2) is 24.2. The minimum absolute atomic E-state index is 0.0204. The number of amides is 3. The molecule has 1 aliphatic rings. The van der Waals surface area contributed by atoms with Gasteiger partial charge < -0.3 is 54.2 Å². The molecule has 0 spiro atoms. The molecule has 4 N–H and O–H groups in total. The smallest absolute Gasteiger partial charge is 0.408 e. The highest BCUT2D eigenvalue weighted by Gasteiger charge is 2.36. The van der Waals surface area contributed by atoms with Gasteiger partial charge in [-0.05, 0) is 110 Å². The first-order valence-corrected chi connectivity index (χ1v) is 24.0. The van der Waals surface area contributed by atoms with E-state index >= 15 is 0 Å². The average molecular weight is 978 g/mol. The first-order chi connectivity index (χ1) is 31.4. The molecule has 2 heterocycles. The number of hydrogen-bond donors (Lipinski definition) is 4. The fourth-order valence-electron chi connectivity index (χ4n) is 6.46. The number of thiazole rings is 1. The molecule has 20 nitrogen and oxygen atoms in total. The second-order valence-electron chi connectivity index (χ2n) is 18.0. The number of unbranched alkanes of at least 4 members (excludes halogenated alkanes) is 1. The lowest BCUT2D eigenvalue weighted by molar-refractivity contribution is -0.164. The SMILES string of the molecule is Cc1nc(COc2ccc(C[C@H](NC(=O)O)[C@@H](CN(CC(C)C)S(=O)(=O)c3ccc4c(c3)OCO4)OC(=O)COC(=O)[C@H](CCCCNC(=O)OC(C)(C)C)NC(=O)OC(C)(C)C)cc2)cs1. The van der Waals surface area contributed by atoms with Crippen molar-refractivity contribution >= 4 is 51.6 Å². The van der Waals surface area contributed by atoms with E-state index < -0.39 is 82.8 Å². The van der Waals surface area contributed by atoms with Gasteiger partial charge in [0, 0.05) is 24.5 Å². The Hall–Kier alpha value is -5.87. The monoisotopic (exact) mass is 977 g/mol. The normalized spacial score (nSPS) is 13.8. The van der Waals surface area contributed by atoms with E-state index in [1.54, 1.807) is 79.7 Å². The Labute approximate surface area is 395 Å². The molecule has 3 atom stereocenters. The largest absolute Gasteiger partial charge is 0.487 e. The highest BCUT2D eigenvalue weighted by atomic mass is 32.2. The van der Waals surface area contributed by atoms with Gasteiger partial charge in [0.15, 0.2) is 18.1 Å². The first-order valence-electron chi connectivity index (χ1n) is 21.7. The van der Waals surface area contributed by atoms with Crippen molar-refractivity contribution in [2.24, 2.45) is 5.92 Å². The number of nitrogens with one attached hydrogen (secondary N) is 3. The van der Waals surface area contributed by atoms with Gasteiger partial charge in [-0.1, -0.05) is 26.0 Å². The molecule has 1 aromatic heterocycles. The fraction of sp³-hybridized carbons (Fsp3) is 0.556. The quantitative estimate of drug-likeness (QED) is 0.0460. The lowest BCUT2D eigenvalue weighted by Gasteiger charge is -2.32. The molecule has 0 radical (unpaired) electrons. The van der Waals surface area contributed by atoms with Crippen LogP contribution in [0.1, 0.15) is 90.9 Å². The van der Waals surface area contributed by atoms with Gasteiger partial charge in [0.25, 0.3) is 0 Å². The Kier molecular flexibility index (Phi) is 19.4. The van der Waals surface area contributed by atoms with Crippen molar-refractivity contribution in [1.29, 1.82) is 0 Å². The zero-order valence-electron chi connectivity index (χ0n) is 39.4. The number of fused-ring (bicyclic) bond motifs is 1. The predicted octanol–water partition coefficient (Wildman–Crippen LogP) is 6.33. The molecule has 67 heavy (non-hydrogen) atoms. The number of hydrogen-bond acceptors (Lipinski definition) is 16. The summed E-state index contributed by atoms with van der Waals surface area (Å²) in [7, 11) is -4.36. The van der Waals surface area contributed by atoms with Crippen LogP contribution in [0.15, 0.2) is 52.7 Å². The van der Waals surface area contributed by atoms with Gasteiger partial charge in [0.05, 0.1) is 28.2 Å². The molecular weight excluding hydrogens is 915 g/mol. The highest BCUT2D eigenvalue weighted by molar-refractivity contribution is 7.89. The molecule has 0 bridgehead atoms. The Balaban J connectivity index is 1.57. The first kappa shape index (κ1) is 53.7. The van der Waals surface area contributed by atoms with Crippen LogP contribution >= 0.6 is 11.3 Å². The van der Waals surface area contributed by atoms with Gasteiger partial charge in [-0.15, -0.1) is 11.3 Å². The summed E-state index contributed by atoms with van der Waals surface area (Å²) in [5.74, 6) is -1.33. The van der Waals surface area contributed by atoms with Crippen LogP contribution in [-0.2, 0) is 51.6 Å². The van der Waals surface area contributed by atoms with Crippen LogP contribution < -0.4 is 30.2 Å². The van der Waals surface area contributed by atoms with E-state index in [1.807, 2.05) is 12.3 Å². The van der Waals surface area contributed by atoms with Crippen LogP contribution in [-0.4, -0.2) is 115 Å². The molecule has 22 heteroatoms. The molecule has 0 fully saturated rings. The van der Waals surface area contributed by atoms with E-state index in [2.05, 4.69) is 20.9 Å². The van der Waals surface area contributed by atoms with E-state index in [1.165, 1.54) is 29.5 Å². The number of rotatable bonds is 23. The van der Waals surface area contributed by atoms with E-state index in [0.29, 0.717) is 29.9 Å². The summed E-state index contributed by atoms with van der Waals surface area (Å²) in [4.78, 5) is 68.7. The lowest BCUT2D eigenvalue weighted by Crippen LogP contribution is -2.53. The molecule has 1 aliphatic heterocycles. The van der Waals surface area contributed by atoms with Crippen LogP contribution in [0.3, 0.4) is 0 Å². The maximum absolute atomic E-state index is 14.4. The number of aromatic nitrogens is 1. The third-order valence-corrected chi connectivity index (χ3v) is 12.0. The molecule has 0 saturated heterocycles. The van der Waals surface area contributed by atoms with E-state index in [4.69, 9.17) is 33.2 Å². The van der Waals surface area contributed by atoms with Crippen molar-refractivity contribution in [2.75, 3.05) is 33.0 Å². The van der Waals surface area contributed by atoms with Crippen LogP contribution in [0.25, 0.3) is 0 Å². The Morgan fingerprint density at radius 1 is 0.896 bits per heavy atom. The van der Waals surface area contributed by atoms with Crippen molar-refractivity contribution in [1.82, 2.24) is 25.2 Å². The second-order valence-corrected chi connectivity index (χ2v) is 21.0. The van der Waals surface area contributed by atoms with Crippen molar-refractivity contribution in [3.63, 3.8) is 0 Å². The van der Waals surface area contributed by atoms with Gasteiger partial charge in [-0.25, -0.2) is 37.4 Å². The zero-order chi connectivity index (χ0) is 49.5. The fourth-order valence-corrected chi connectivity index (χ4v) is 8.69. The third-order valence-electron chi connectivity index (χ3n) is 9.30. The number of carboxylic acid groups (broad SMARTS) is 1. The topological polar surface area (TPSA) is 257 Å². The van der Waals surface area contributed by atoms with Crippen molar-refractivity contribution in [3.05, 3.63) is 64.1 Å². The number of carbonyl (C=O) groups is 5. The highest BCUT2D eigenvalue weighted by Crippen LogP contribution is 2.35. The lowest BCUT2D eigenvalue weighted by atomic mass is 10.0. The van der Waals surface area contributed by atoms with Gasteiger partial charge in [-0.3, -0.25) is 0 Å². The summed E-state index contributed by atoms with van der Waals surface area (Å²) in [5.41, 5.74) is -0.274. The number of carbonyl (C=O) groups excluding carboxylic acids is 4. The van der Waals surface area contributed by atoms with Crippen molar-refractivity contribution in [2.45, 2.75) is 129 Å². The maximum Gasteiger partial charge on any atom is 0.408 e. The van der Waals surface area contributed by atoms with Gasteiger partial charge in [0.1, 0.15) is 35.7 Å². The average Bonchev–Trinajstić information content (AvgIpc) is 3.87. The molecule has 2 aromatic carbocycles. The maximum atomic E-state index is 14.4. The van der Waals surface area contributed by atoms with Gasteiger partial charge in [0.2, 0.25) is 16.8 Å². The van der Waals surface area contributed by atoms with E-state index in [-0.39, 0.29) is 55.9 Å². The number of nitrogens with zero attached hydrogens (tertiary/aromatic N) is 2. The van der Waals surface area contributed by atoms with E-state index in [9.17, 15) is 37.5 Å². The Morgan fingerprint density at radius 2 is 1.57 bits per heavy atom. The van der Waals surface area contributed by atoms with Crippen LogP contribution in [0.5, 0.6) is 17.2 Å². The molecule has 0 saturated carbocycles. The number of ether oxygens (including phenoxy) is 7. The summed E-state index contributed by atoms with van der Waals surface area (Å²) < 4.78 is 68.3. The van der Waals surface area contributed by atoms with Gasteiger partial charge >= 0.3 is 30.2 Å². The summed E-state index contributed by atoms with van der Waals surface area (Å²) >= 11 is 1.50. The van der Waals surface area contributed by atoms with Crippen molar-refractivity contribution in [3.8, 4) is 17.2 Å². The number of benzene rings is 2. The molecule has 370 valence electrons. The predicted molar refractivity (Wildman–Crippen MR) is 245 cm³/mol. The van der Waals surface area contributed by atoms with E-state index in [0.717, 1.165) is 15.0 Å². The molecule has 3 amide bonds. The molecule has 3 aromatic rings. The summed E-state index contributed by atoms with van der Waals surface area (Å²) in [6, 6.07) is 8.33. The summed E-state index contributed by atoms with van der Waals surface area (Å²) in [5, 5.41) is 20.3. The molecule has 0 aliphatic carbocycles. The number of esters is 2. The molecule has 0 unspecified atom stereocenters. The zero-order valence-corrected chi connectivity index (χ0v) is 41.0. The van der Waals surface area contributed by atoms with Gasteiger partial charge in [-0.2, -0.15) is 4.31 Å².